The minimum atomic E-state index is -0.655. The van der Waals surface area contributed by atoms with Crippen LogP contribution in [0, 0.1) is 17.0 Å². The summed E-state index contributed by atoms with van der Waals surface area (Å²) in [6, 6.07) is 30.5. The molecule has 0 bridgehead atoms. The maximum atomic E-state index is 14.2. The van der Waals surface area contributed by atoms with E-state index in [0.29, 0.717) is 23.2 Å². The topological polar surface area (TPSA) is 92.5 Å². The van der Waals surface area contributed by atoms with E-state index in [9.17, 15) is 19.7 Å². The molecule has 1 N–H and O–H groups in total. The smallest absolute Gasteiger partial charge is 0.269 e. The quantitative estimate of drug-likeness (QED) is 0.224. The molecular weight excluding hydrogens is 502 g/mol. The Kier molecular flexibility index (Phi) is 6.48. The molecule has 40 heavy (non-hydrogen) atoms. The number of carbonyl (C=O) groups excluding carboxylic acids is 2. The average molecular weight is 530 g/mol. The number of rotatable bonds is 4. The van der Waals surface area contributed by atoms with Crippen LogP contribution >= 0.6 is 0 Å². The van der Waals surface area contributed by atoms with Crippen LogP contribution in [-0.4, -0.2) is 16.6 Å². The van der Waals surface area contributed by atoms with E-state index in [1.54, 1.807) is 29.2 Å². The second-order valence-electron chi connectivity index (χ2n) is 10.3. The number of aryl methyl sites for hydroxylation is 1. The van der Waals surface area contributed by atoms with Gasteiger partial charge in [0, 0.05) is 35.4 Å². The van der Waals surface area contributed by atoms with E-state index in [2.05, 4.69) is 5.32 Å². The predicted molar refractivity (Wildman–Crippen MR) is 154 cm³/mol. The van der Waals surface area contributed by atoms with Gasteiger partial charge in [-0.1, -0.05) is 72.3 Å². The van der Waals surface area contributed by atoms with Gasteiger partial charge in [-0.2, -0.15) is 0 Å². The number of carbonyl (C=O) groups is 2. The van der Waals surface area contributed by atoms with Crippen molar-refractivity contribution in [2.24, 2.45) is 0 Å². The summed E-state index contributed by atoms with van der Waals surface area (Å²) in [5.74, 6) is -0.530. The number of hydrogen-bond acceptors (Lipinski definition) is 5. The lowest BCUT2D eigenvalue weighted by Crippen LogP contribution is -2.38. The van der Waals surface area contributed by atoms with Crippen molar-refractivity contribution in [2.75, 3.05) is 10.2 Å². The first-order chi connectivity index (χ1) is 19.4. The Hall–Kier alpha value is -5.04. The molecule has 198 valence electrons. The molecule has 7 heteroatoms. The van der Waals surface area contributed by atoms with Gasteiger partial charge in [0.25, 0.3) is 11.6 Å². The fourth-order valence-electron chi connectivity index (χ4n) is 5.73. The zero-order valence-corrected chi connectivity index (χ0v) is 21.9. The van der Waals surface area contributed by atoms with Crippen LogP contribution in [0.5, 0.6) is 0 Å². The van der Waals surface area contributed by atoms with Crippen LogP contribution < -0.4 is 10.2 Å². The highest BCUT2D eigenvalue weighted by Gasteiger charge is 2.42. The van der Waals surface area contributed by atoms with Gasteiger partial charge in [0.15, 0.2) is 5.78 Å². The van der Waals surface area contributed by atoms with Gasteiger partial charge in [-0.15, -0.1) is 0 Å². The van der Waals surface area contributed by atoms with Crippen molar-refractivity contribution in [3.8, 4) is 0 Å². The van der Waals surface area contributed by atoms with Crippen molar-refractivity contribution < 1.29 is 14.5 Å². The van der Waals surface area contributed by atoms with Crippen molar-refractivity contribution in [1.82, 2.24) is 0 Å². The second kappa shape index (κ2) is 10.3. The molecule has 0 aromatic heterocycles. The molecule has 7 nitrogen and oxygen atoms in total. The number of amides is 1. The SMILES string of the molecule is Cc1ccc([C@@H]2C3=C(C[C@H](c4cccc([N+](=O)[O-])c4)CC3=O)Nc3ccccc3N2C(=O)c2ccccc2)cc1. The van der Waals surface area contributed by atoms with E-state index in [-0.39, 0.29) is 29.7 Å². The first-order valence-electron chi connectivity index (χ1n) is 13.2. The Bertz CT molecular complexity index is 1660. The van der Waals surface area contributed by atoms with E-state index in [1.165, 1.54) is 6.07 Å². The first-order valence-corrected chi connectivity index (χ1v) is 13.2. The third kappa shape index (κ3) is 4.56. The van der Waals surface area contributed by atoms with Crippen molar-refractivity contribution in [1.29, 1.82) is 0 Å². The maximum absolute atomic E-state index is 14.2. The molecule has 0 unspecified atom stereocenters. The minimum absolute atomic E-state index is 0.000983. The van der Waals surface area contributed by atoms with Gasteiger partial charge in [-0.3, -0.25) is 24.6 Å². The normalized spacial score (nSPS) is 18.3. The zero-order chi connectivity index (χ0) is 27.8. The van der Waals surface area contributed by atoms with E-state index < -0.39 is 11.0 Å². The lowest BCUT2D eigenvalue weighted by Gasteiger charge is -2.35. The van der Waals surface area contributed by atoms with Crippen molar-refractivity contribution >= 4 is 28.8 Å². The number of non-ortho nitro benzene ring substituents is 1. The van der Waals surface area contributed by atoms with E-state index in [0.717, 1.165) is 28.1 Å². The molecule has 0 radical (unpaired) electrons. The maximum Gasteiger partial charge on any atom is 0.269 e. The summed E-state index contributed by atoms with van der Waals surface area (Å²) < 4.78 is 0. The molecule has 4 aromatic rings. The predicted octanol–water partition coefficient (Wildman–Crippen LogP) is 7.12. The molecule has 1 aliphatic carbocycles. The summed E-state index contributed by atoms with van der Waals surface area (Å²) >= 11 is 0. The van der Waals surface area contributed by atoms with Gasteiger partial charge in [0.1, 0.15) is 0 Å². The molecule has 0 saturated heterocycles. The summed E-state index contributed by atoms with van der Waals surface area (Å²) in [6.45, 7) is 2.00. The number of nitrogens with one attached hydrogen (secondary N) is 1. The average Bonchev–Trinajstić information content (AvgIpc) is 3.12. The highest BCUT2D eigenvalue weighted by Crippen LogP contribution is 2.48. The fourth-order valence-corrected chi connectivity index (χ4v) is 5.73. The highest BCUT2D eigenvalue weighted by atomic mass is 16.6. The number of anilines is 2. The number of hydrogen-bond donors (Lipinski definition) is 1. The molecule has 0 spiro atoms. The molecule has 1 heterocycles. The molecule has 0 saturated carbocycles. The lowest BCUT2D eigenvalue weighted by molar-refractivity contribution is -0.384. The van der Waals surface area contributed by atoms with Crippen LogP contribution in [0.2, 0.25) is 0 Å². The molecule has 1 amide bonds. The van der Waals surface area contributed by atoms with Gasteiger partial charge < -0.3 is 5.32 Å². The number of nitrogens with zero attached hydrogens (tertiary/aromatic N) is 2. The van der Waals surface area contributed by atoms with Crippen LogP contribution in [0.3, 0.4) is 0 Å². The van der Waals surface area contributed by atoms with Gasteiger partial charge in [-0.05, 0) is 54.7 Å². The Labute approximate surface area is 231 Å². The van der Waals surface area contributed by atoms with Crippen molar-refractivity contribution in [3.63, 3.8) is 0 Å². The van der Waals surface area contributed by atoms with Gasteiger partial charge in [-0.25, -0.2) is 0 Å². The summed E-state index contributed by atoms with van der Waals surface area (Å²) in [5.41, 5.74) is 5.86. The van der Waals surface area contributed by atoms with Gasteiger partial charge >= 0.3 is 0 Å². The summed E-state index contributed by atoms with van der Waals surface area (Å²) in [6.07, 6.45) is 0.667. The van der Waals surface area contributed by atoms with Crippen LogP contribution in [-0.2, 0) is 4.79 Å². The molecule has 2 aliphatic rings. The van der Waals surface area contributed by atoms with Crippen LogP contribution in [0.4, 0.5) is 17.1 Å². The number of nitro groups is 1. The molecule has 0 fully saturated rings. The molecule has 2 atom stereocenters. The Balaban J connectivity index is 1.54. The van der Waals surface area contributed by atoms with E-state index >= 15 is 0 Å². The largest absolute Gasteiger partial charge is 0.357 e. The molecule has 6 rings (SSSR count). The van der Waals surface area contributed by atoms with Crippen LogP contribution in [0.25, 0.3) is 0 Å². The third-order valence-electron chi connectivity index (χ3n) is 7.67. The Morgan fingerprint density at radius 1 is 0.875 bits per heavy atom. The number of fused-ring (bicyclic) bond motifs is 1. The molecule has 1 aliphatic heterocycles. The monoisotopic (exact) mass is 529 g/mol. The van der Waals surface area contributed by atoms with Gasteiger partial charge in [0.05, 0.1) is 22.3 Å². The standard InChI is InChI=1S/C33H27N3O4/c1-21-14-16-22(17-15-21)32-31-28(19-25(20-30(31)37)24-10-7-11-26(18-24)36(39)40)34-27-12-5-6-13-29(27)35(32)33(38)23-8-3-2-4-9-23/h2-18,25,32,34H,19-20H2,1H3/t25-,32+/m0/s1. The zero-order valence-electron chi connectivity index (χ0n) is 21.9. The number of para-hydroxylation sites is 2. The van der Waals surface area contributed by atoms with Crippen LogP contribution in [0.1, 0.15) is 51.8 Å². The van der Waals surface area contributed by atoms with E-state index in [1.807, 2.05) is 79.7 Å². The summed E-state index contributed by atoms with van der Waals surface area (Å²) in [5, 5.41) is 14.9. The number of ketones is 1. The highest BCUT2D eigenvalue weighted by molar-refractivity contribution is 6.12. The van der Waals surface area contributed by atoms with Crippen molar-refractivity contribution in [3.05, 3.63) is 147 Å². The number of nitro benzene ring substituents is 1. The van der Waals surface area contributed by atoms with E-state index in [4.69, 9.17) is 0 Å². The van der Waals surface area contributed by atoms with Gasteiger partial charge in [0.2, 0.25) is 0 Å². The number of benzene rings is 4. The third-order valence-corrected chi connectivity index (χ3v) is 7.67. The Morgan fingerprint density at radius 2 is 1.60 bits per heavy atom. The first kappa shape index (κ1) is 25.2. The molecule has 4 aromatic carbocycles. The lowest BCUT2D eigenvalue weighted by atomic mass is 9.78. The van der Waals surface area contributed by atoms with Crippen LogP contribution in [0.15, 0.2) is 114 Å². The summed E-state index contributed by atoms with van der Waals surface area (Å²) in [4.78, 5) is 41.1. The summed E-state index contributed by atoms with van der Waals surface area (Å²) in [7, 11) is 0. The van der Waals surface area contributed by atoms with Crippen molar-refractivity contribution in [2.45, 2.75) is 31.7 Å². The molecular formula is C33H27N3O4. The number of allylic oxidation sites excluding steroid dienone is 1. The second-order valence-corrected chi connectivity index (χ2v) is 10.3. The Morgan fingerprint density at radius 3 is 2.35 bits per heavy atom. The minimum Gasteiger partial charge on any atom is -0.357 e. The number of Topliss-reactive ketones (excluding diaryl/α,β-unsaturated/α-hetero) is 1. The fraction of sp³-hybridized carbons (Fsp3) is 0.152.